The third-order valence-electron chi connectivity index (χ3n) is 4.80. The van der Waals surface area contributed by atoms with Crippen molar-refractivity contribution in [2.45, 2.75) is 37.6 Å². The number of nitrogens with zero attached hydrogens (tertiary/aromatic N) is 2. The Kier molecular flexibility index (Phi) is 4.58. The summed E-state index contributed by atoms with van der Waals surface area (Å²) in [6.45, 7) is 1.13. The maximum atomic E-state index is 12.5. The van der Waals surface area contributed by atoms with Crippen LogP contribution in [0, 0.1) is 0 Å². The highest BCUT2D eigenvalue weighted by Crippen LogP contribution is 2.37. The number of hydrogen-bond acceptors (Lipinski definition) is 5. The Bertz CT molecular complexity index is 873. The van der Waals surface area contributed by atoms with E-state index >= 15 is 0 Å². The van der Waals surface area contributed by atoms with Gasteiger partial charge in [-0.15, -0.1) is 11.3 Å². The highest BCUT2D eigenvalue weighted by Gasteiger charge is 2.28. The van der Waals surface area contributed by atoms with Crippen molar-refractivity contribution in [3.63, 3.8) is 0 Å². The van der Waals surface area contributed by atoms with Gasteiger partial charge in [-0.3, -0.25) is 14.4 Å². The van der Waals surface area contributed by atoms with E-state index in [1.807, 2.05) is 17.5 Å². The van der Waals surface area contributed by atoms with Gasteiger partial charge in [0.1, 0.15) is 11.4 Å². The summed E-state index contributed by atoms with van der Waals surface area (Å²) in [5.74, 6) is 0.552. The Morgan fingerprint density at radius 3 is 2.85 bits per heavy atom. The number of hydrogen-bond donors (Lipinski definition) is 2. The quantitative estimate of drug-likeness (QED) is 0.855. The highest BCUT2D eigenvalue weighted by atomic mass is 32.1. The second kappa shape index (κ2) is 7.03. The molecule has 1 atom stereocenters. The van der Waals surface area contributed by atoms with Crippen LogP contribution >= 0.6 is 11.3 Å². The number of thiophene rings is 1. The van der Waals surface area contributed by atoms with Gasteiger partial charge in [0, 0.05) is 31.2 Å². The van der Waals surface area contributed by atoms with Gasteiger partial charge in [0.2, 0.25) is 0 Å². The number of H-pyrrole nitrogens is 1. The minimum absolute atomic E-state index is 0.00718. The summed E-state index contributed by atoms with van der Waals surface area (Å²) in [4.78, 5) is 46.5. The number of likely N-dealkylation sites (tertiary alicyclic amines) is 1. The number of piperidine rings is 1. The molecule has 0 bridgehead atoms. The molecule has 26 heavy (non-hydrogen) atoms. The maximum absolute atomic E-state index is 12.5. The molecule has 0 spiro atoms. The van der Waals surface area contributed by atoms with Crippen LogP contribution in [0.5, 0.6) is 0 Å². The first-order valence-electron chi connectivity index (χ1n) is 8.84. The smallest absolute Gasteiger partial charge is 0.263 e. The van der Waals surface area contributed by atoms with E-state index < -0.39 is 11.5 Å². The highest BCUT2D eigenvalue weighted by molar-refractivity contribution is 7.12. The van der Waals surface area contributed by atoms with E-state index in [9.17, 15) is 14.4 Å². The van der Waals surface area contributed by atoms with Crippen LogP contribution in [-0.2, 0) is 0 Å². The van der Waals surface area contributed by atoms with Crippen LogP contribution in [0.2, 0.25) is 0 Å². The molecule has 1 aliphatic heterocycles. The van der Waals surface area contributed by atoms with Crippen molar-refractivity contribution >= 4 is 23.2 Å². The summed E-state index contributed by atoms with van der Waals surface area (Å²) in [5.41, 5.74) is -0.377. The molecule has 2 aromatic rings. The lowest BCUT2D eigenvalue weighted by atomic mass is 10.0. The largest absolute Gasteiger partial charge is 0.347 e. The molecule has 136 valence electrons. The first kappa shape index (κ1) is 17.0. The molecule has 0 unspecified atom stereocenters. The number of rotatable bonds is 4. The lowest BCUT2D eigenvalue weighted by Crippen LogP contribution is -2.50. The van der Waals surface area contributed by atoms with E-state index in [1.54, 1.807) is 4.90 Å². The Morgan fingerprint density at radius 1 is 1.31 bits per heavy atom. The predicted molar refractivity (Wildman–Crippen MR) is 97.5 cm³/mol. The summed E-state index contributed by atoms with van der Waals surface area (Å²) >= 11 is 1.42. The molecule has 2 aliphatic rings. The number of amides is 2. The van der Waals surface area contributed by atoms with Crippen LogP contribution < -0.4 is 10.9 Å². The fraction of sp³-hybridized carbons (Fsp3) is 0.444. The van der Waals surface area contributed by atoms with Crippen LogP contribution in [0.1, 0.15) is 57.5 Å². The lowest BCUT2D eigenvalue weighted by molar-refractivity contribution is 0.0680. The van der Waals surface area contributed by atoms with E-state index in [-0.39, 0.29) is 17.5 Å². The first-order chi connectivity index (χ1) is 12.6. The predicted octanol–water partition coefficient (Wildman–Crippen LogP) is 1.74. The zero-order valence-electron chi connectivity index (χ0n) is 14.2. The number of carbonyl (C=O) groups excluding carboxylic acids is 2. The average Bonchev–Trinajstić information content (AvgIpc) is 3.35. The second-order valence-electron chi connectivity index (χ2n) is 6.83. The van der Waals surface area contributed by atoms with Gasteiger partial charge in [0.05, 0.1) is 4.88 Å². The monoisotopic (exact) mass is 372 g/mol. The molecular weight excluding hydrogens is 352 g/mol. The fourth-order valence-corrected chi connectivity index (χ4v) is 3.92. The van der Waals surface area contributed by atoms with Crippen LogP contribution in [0.3, 0.4) is 0 Å². The molecule has 2 N–H and O–H groups in total. The van der Waals surface area contributed by atoms with Gasteiger partial charge in [-0.1, -0.05) is 6.07 Å². The molecule has 3 heterocycles. The summed E-state index contributed by atoms with van der Waals surface area (Å²) in [5, 5.41) is 4.76. The summed E-state index contributed by atoms with van der Waals surface area (Å²) < 4.78 is 0. The lowest BCUT2D eigenvalue weighted by Gasteiger charge is -2.32. The van der Waals surface area contributed by atoms with Crippen molar-refractivity contribution in [2.75, 3.05) is 13.1 Å². The molecule has 1 saturated carbocycles. The Morgan fingerprint density at radius 2 is 2.15 bits per heavy atom. The number of carbonyl (C=O) groups is 2. The van der Waals surface area contributed by atoms with Crippen molar-refractivity contribution in [1.29, 1.82) is 0 Å². The zero-order valence-corrected chi connectivity index (χ0v) is 15.1. The number of aromatic nitrogens is 2. The maximum Gasteiger partial charge on any atom is 0.263 e. The van der Waals surface area contributed by atoms with Gasteiger partial charge in [0.15, 0.2) is 0 Å². The van der Waals surface area contributed by atoms with Gasteiger partial charge >= 0.3 is 0 Å². The van der Waals surface area contributed by atoms with Gasteiger partial charge in [0.25, 0.3) is 17.4 Å². The van der Waals surface area contributed by atoms with Gasteiger partial charge < -0.3 is 15.2 Å². The molecular formula is C18H20N4O3S. The van der Waals surface area contributed by atoms with Crippen LogP contribution in [0.4, 0.5) is 0 Å². The molecule has 2 fully saturated rings. The average molecular weight is 372 g/mol. The molecule has 7 nitrogen and oxygen atoms in total. The normalized spacial score (nSPS) is 20.0. The summed E-state index contributed by atoms with van der Waals surface area (Å²) in [6.07, 6.45) is 5.03. The van der Waals surface area contributed by atoms with E-state index in [0.29, 0.717) is 29.7 Å². The van der Waals surface area contributed by atoms with E-state index in [0.717, 1.165) is 25.7 Å². The van der Waals surface area contributed by atoms with Gasteiger partial charge in [-0.05, 0) is 37.1 Å². The van der Waals surface area contributed by atoms with E-state index in [4.69, 9.17) is 0 Å². The fourth-order valence-electron chi connectivity index (χ4n) is 3.23. The van der Waals surface area contributed by atoms with Crippen LogP contribution in [-0.4, -0.2) is 45.8 Å². The summed E-state index contributed by atoms with van der Waals surface area (Å²) in [6, 6.07) is 3.50. The van der Waals surface area contributed by atoms with Crippen LogP contribution in [0.25, 0.3) is 0 Å². The second-order valence-corrected chi connectivity index (χ2v) is 7.77. The topological polar surface area (TPSA) is 95.2 Å². The number of nitrogens with one attached hydrogen (secondary N) is 2. The van der Waals surface area contributed by atoms with Crippen molar-refractivity contribution in [2.24, 2.45) is 0 Å². The first-order valence-corrected chi connectivity index (χ1v) is 9.72. The molecule has 0 radical (unpaired) electrons. The Balaban J connectivity index is 1.41. The summed E-state index contributed by atoms with van der Waals surface area (Å²) in [7, 11) is 0. The Hall–Kier alpha value is -2.48. The molecule has 4 rings (SSSR count). The minimum atomic E-state index is -0.434. The molecule has 8 heteroatoms. The Labute approximate surface area is 154 Å². The van der Waals surface area contributed by atoms with Crippen molar-refractivity contribution in [1.82, 2.24) is 20.2 Å². The molecule has 2 aromatic heterocycles. The SMILES string of the molecule is O=C(N[C@H]1CCCN(C(=O)c2cccs2)C1)c1cnc(C2CC2)[nH]c1=O. The van der Waals surface area contributed by atoms with Crippen molar-refractivity contribution in [3.8, 4) is 0 Å². The minimum Gasteiger partial charge on any atom is -0.347 e. The van der Waals surface area contributed by atoms with E-state index in [1.165, 1.54) is 17.5 Å². The van der Waals surface area contributed by atoms with Crippen molar-refractivity contribution in [3.05, 3.63) is 50.3 Å². The van der Waals surface area contributed by atoms with Gasteiger partial charge in [-0.2, -0.15) is 0 Å². The molecule has 0 aromatic carbocycles. The molecule has 1 aliphatic carbocycles. The molecule has 2 amide bonds. The third kappa shape index (κ3) is 3.55. The zero-order chi connectivity index (χ0) is 18.1. The third-order valence-corrected chi connectivity index (χ3v) is 5.66. The van der Waals surface area contributed by atoms with Crippen molar-refractivity contribution < 1.29 is 9.59 Å². The van der Waals surface area contributed by atoms with E-state index in [2.05, 4.69) is 15.3 Å². The standard InChI is InChI=1S/C18H20N4O3S/c23-16(13-9-19-15(11-5-6-11)21-17(13)24)20-12-3-1-7-22(10-12)18(25)14-4-2-8-26-14/h2,4,8-9,11-12H,1,3,5-7,10H2,(H,20,23)(H,19,21,24)/t12-/m0/s1. The van der Waals surface area contributed by atoms with Gasteiger partial charge in [-0.25, -0.2) is 4.98 Å². The number of aromatic amines is 1. The molecule has 1 saturated heterocycles. The van der Waals surface area contributed by atoms with Crippen LogP contribution in [0.15, 0.2) is 28.5 Å².